The van der Waals surface area contributed by atoms with E-state index in [1.165, 1.54) is 16.7 Å². The number of hydrogen-bond donors (Lipinski definition) is 1. The van der Waals surface area contributed by atoms with Gasteiger partial charge in [-0.3, -0.25) is 4.98 Å². The predicted molar refractivity (Wildman–Crippen MR) is 137 cm³/mol. The molecule has 1 atom stereocenters. The van der Waals surface area contributed by atoms with Crippen LogP contribution in [0.1, 0.15) is 49.3 Å². The number of aryl methyl sites for hydroxylation is 1. The Morgan fingerprint density at radius 3 is 2.74 bits per heavy atom. The quantitative estimate of drug-likeness (QED) is 0.419. The molecule has 1 aliphatic carbocycles. The molecule has 0 unspecified atom stereocenters. The van der Waals surface area contributed by atoms with E-state index in [0.717, 1.165) is 49.4 Å². The van der Waals surface area contributed by atoms with Crippen LogP contribution in [0.3, 0.4) is 0 Å². The summed E-state index contributed by atoms with van der Waals surface area (Å²) >= 11 is 0. The van der Waals surface area contributed by atoms with Crippen LogP contribution < -0.4 is 15.3 Å². The van der Waals surface area contributed by atoms with Gasteiger partial charge in [-0.15, -0.1) is 0 Å². The molecule has 0 bridgehead atoms. The lowest BCUT2D eigenvalue weighted by Crippen LogP contribution is -2.43. The van der Waals surface area contributed by atoms with Crippen molar-refractivity contribution in [3.8, 4) is 28.4 Å². The van der Waals surface area contributed by atoms with Crippen molar-refractivity contribution in [2.45, 2.75) is 51.0 Å². The van der Waals surface area contributed by atoms with Crippen LogP contribution in [-0.2, 0) is 0 Å². The second-order valence-corrected chi connectivity index (χ2v) is 10.3. The van der Waals surface area contributed by atoms with Crippen LogP contribution in [0.25, 0.3) is 28.0 Å². The lowest BCUT2D eigenvalue weighted by Gasteiger charge is -2.34. The highest BCUT2D eigenvalue weighted by molar-refractivity contribution is 5.97. The van der Waals surface area contributed by atoms with Crippen LogP contribution in [0.5, 0.6) is 11.5 Å². The number of nitrogens with zero attached hydrogens (tertiary/aromatic N) is 5. The summed E-state index contributed by atoms with van der Waals surface area (Å²) in [6.45, 7) is 2.70. The highest BCUT2D eigenvalue weighted by Gasteiger charge is 2.37. The van der Waals surface area contributed by atoms with Crippen molar-refractivity contribution in [2.24, 2.45) is 0 Å². The zero-order chi connectivity index (χ0) is 26.1. The summed E-state index contributed by atoms with van der Waals surface area (Å²) in [5.74, 6) is -1.84. The molecule has 4 aromatic rings. The van der Waals surface area contributed by atoms with Crippen molar-refractivity contribution in [2.75, 3.05) is 18.1 Å². The highest BCUT2D eigenvalue weighted by atomic mass is 19.1. The molecule has 194 valence electrons. The van der Waals surface area contributed by atoms with E-state index in [0.29, 0.717) is 18.1 Å². The lowest BCUT2D eigenvalue weighted by atomic mass is 10.0. The molecule has 7 rings (SSSR count). The molecule has 3 aliphatic rings. The first-order chi connectivity index (χ1) is 18.4. The molecular weight excluding hydrogens is 492 g/mol. The standard InChI is InChI=1S/C28H25F2N5O3/c1-14-10-11-31-22(15-8-9-15)24(14)35-27-20-25(21(30)23(32-27)19-17(29)6-4-7-18(19)36)38-13-16-5-2-3-12-34(16)26(20)33-28(35)37/h4,6-7,10-11,15-16,36H,2-3,5,8-9,12-13H2,1H3/t16-/m1/s1. The third kappa shape index (κ3) is 3.39. The van der Waals surface area contributed by atoms with Crippen LogP contribution in [-0.4, -0.2) is 43.8 Å². The first-order valence-corrected chi connectivity index (χ1v) is 12.9. The number of phenols is 1. The molecule has 5 heterocycles. The number of fused-ring (bicyclic) bond motifs is 2. The zero-order valence-corrected chi connectivity index (χ0v) is 20.7. The number of pyridine rings is 2. The summed E-state index contributed by atoms with van der Waals surface area (Å²) in [6, 6.07) is 5.44. The van der Waals surface area contributed by atoms with Crippen molar-refractivity contribution in [1.82, 2.24) is 19.5 Å². The van der Waals surface area contributed by atoms with Gasteiger partial charge in [-0.1, -0.05) is 6.07 Å². The summed E-state index contributed by atoms with van der Waals surface area (Å²) in [5, 5.41) is 10.8. The lowest BCUT2D eigenvalue weighted by molar-refractivity contribution is 0.258. The first-order valence-electron chi connectivity index (χ1n) is 12.9. The normalized spacial score (nSPS) is 18.7. The summed E-state index contributed by atoms with van der Waals surface area (Å²) < 4.78 is 38.7. The maximum atomic E-state index is 16.2. The van der Waals surface area contributed by atoms with Crippen molar-refractivity contribution in [3.05, 3.63) is 63.8 Å². The van der Waals surface area contributed by atoms with Crippen LogP contribution in [0, 0.1) is 18.6 Å². The minimum atomic E-state index is -0.906. The van der Waals surface area contributed by atoms with Gasteiger partial charge < -0.3 is 14.7 Å². The van der Waals surface area contributed by atoms with Crippen molar-refractivity contribution >= 4 is 16.9 Å². The molecular formula is C28H25F2N5O3. The fourth-order valence-electron chi connectivity index (χ4n) is 5.79. The molecule has 38 heavy (non-hydrogen) atoms. The number of anilines is 1. The number of aromatic nitrogens is 4. The Morgan fingerprint density at radius 1 is 1.11 bits per heavy atom. The Balaban J connectivity index is 1.64. The van der Waals surface area contributed by atoms with Crippen LogP contribution in [0.4, 0.5) is 14.6 Å². The average molecular weight is 518 g/mol. The van der Waals surface area contributed by atoms with Crippen molar-refractivity contribution in [3.63, 3.8) is 0 Å². The maximum absolute atomic E-state index is 16.2. The van der Waals surface area contributed by atoms with E-state index in [9.17, 15) is 9.90 Å². The summed E-state index contributed by atoms with van der Waals surface area (Å²) in [4.78, 5) is 29.5. The zero-order valence-electron chi connectivity index (χ0n) is 20.7. The number of rotatable bonds is 3. The fraction of sp³-hybridized carbons (Fsp3) is 0.357. The van der Waals surface area contributed by atoms with Crippen molar-refractivity contribution < 1.29 is 18.6 Å². The van der Waals surface area contributed by atoms with E-state index in [-0.39, 0.29) is 35.3 Å². The highest BCUT2D eigenvalue weighted by Crippen LogP contribution is 2.46. The molecule has 3 aromatic heterocycles. The topological polar surface area (TPSA) is 93.4 Å². The number of benzene rings is 1. The number of aromatic hydroxyl groups is 1. The first kappa shape index (κ1) is 23.1. The predicted octanol–water partition coefficient (Wildman–Crippen LogP) is 4.76. The number of ether oxygens (including phenoxy) is 1. The molecule has 1 saturated heterocycles. The van der Waals surface area contributed by atoms with Gasteiger partial charge in [0.1, 0.15) is 35.1 Å². The second kappa shape index (κ2) is 8.47. The summed E-state index contributed by atoms with van der Waals surface area (Å²) in [5.41, 5.74) is 0.780. The largest absolute Gasteiger partial charge is 0.507 e. The van der Waals surface area contributed by atoms with Gasteiger partial charge in [-0.05, 0) is 62.8 Å². The van der Waals surface area contributed by atoms with E-state index in [4.69, 9.17) is 4.74 Å². The SMILES string of the molecule is Cc1ccnc(C2CC2)c1-n1c(=O)nc2c3c(c(F)c(-c4c(O)cccc4F)nc31)OC[C@H]1CCCCN21. The molecule has 10 heteroatoms. The molecule has 1 saturated carbocycles. The van der Waals surface area contributed by atoms with E-state index in [1.807, 2.05) is 11.8 Å². The molecule has 1 aromatic carbocycles. The minimum absolute atomic E-state index is 0.0889. The Hall–Kier alpha value is -4.08. The van der Waals surface area contributed by atoms with Gasteiger partial charge in [0.05, 0.1) is 23.0 Å². The van der Waals surface area contributed by atoms with Crippen LogP contribution in [0.2, 0.25) is 0 Å². The monoisotopic (exact) mass is 517 g/mol. The Kier molecular flexibility index (Phi) is 5.14. The van der Waals surface area contributed by atoms with E-state index in [1.54, 1.807) is 12.3 Å². The molecule has 1 N–H and O–H groups in total. The molecule has 2 fully saturated rings. The Bertz CT molecular complexity index is 1660. The van der Waals surface area contributed by atoms with Gasteiger partial charge in [0, 0.05) is 18.7 Å². The molecule has 0 spiro atoms. The second-order valence-electron chi connectivity index (χ2n) is 10.3. The molecule has 0 radical (unpaired) electrons. The van der Waals surface area contributed by atoms with Gasteiger partial charge in [-0.2, -0.15) is 4.98 Å². The van der Waals surface area contributed by atoms with E-state index in [2.05, 4.69) is 15.0 Å². The van der Waals surface area contributed by atoms with Gasteiger partial charge in [0.25, 0.3) is 0 Å². The van der Waals surface area contributed by atoms with E-state index < -0.39 is 34.3 Å². The molecule has 0 amide bonds. The third-order valence-corrected chi connectivity index (χ3v) is 7.79. The van der Waals surface area contributed by atoms with Gasteiger partial charge >= 0.3 is 5.69 Å². The number of piperidine rings is 1. The fourth-order valence-corrected chi connectivity index (χ4v) is 5.79. The minimum Gasteiger partial charge on any atom is -0.507 e. The van der Waals surface area contributed by atoms with Gasteiger partial charge in [0.2, 0.25) is 0 Å². The average Bonchev–Trinajstić information content (AvgIpc) is 3.75. The summed E-state index contributed by atoms with van der Waals surface area (Å²) in [7, 11) is 0. The molecule has 8 nitrogen and oxygen atoms in total. The van der Waals surface area contributed by atoms with Gasteiger partial charge in [-0.25, -0.2) is 23.1 Å². The third-order valence-electron chi connectivity index (χ3n) is 7.79. The van der Waals surface area contributed by atoms with E-state index >= 15 is 8.78 Å². The van der Waals surface area contributed by atoms with Crippen LogP contribution >= 0.6 is 0 Å². The maximum Gasteiger partial charge on any atom is 0.355 e. The Morgan fingerprint density at radius 2 is 1.95 bits per heavy atom. The summed E-state index contributed by atoms with van der Waals surface area (Å²) in [6.07, 6.45) is 6.30. The van der Waals surface area contributed by atoms with Gasteiger partial charge in [0.15, 0.2) is 17.2 Å². The smallest absolute Gasteiger partial charge is 0.355 e. The Labute approximate surface area is 216 Å². The van der Waals surface area contributed by atoms with Crippen molar-refractivity contribution in [1.29, 1.82) is 0 Å². The number of phenolic OH excluding ortho intramolecular Hbond substituents is 1. The number of halogens is 2. The molecule has 2 aliphatic heterocycles. The number of hydrogen-bond acceptors (Lipinski definition) is 7. The van der Waals surface area contributed by atoms with Crippen LogP contribution in [0.15, 0.2) is 35.3 Å².